The third-order valence-corrected chi connectivity index (χ3v) is 2.63. The largest absolute Gasteiger partial charge is 0.390 e. The lowest BCUT2D eigenvalue weighted by atomic mass is 10.0. The van der Waals surface area contributed by atoms with E-state index >= 15 is 0 Å². The van der Waals surface area contributed by atoms with Gasteiger partial charge in [-0.1, -0.05) is 23.7 Å². The minimum absolute atomic E-state index is 0.335. The Morgan fingerprint density at radius 2 is 2.07 bits per heavy atom. The molecule has 84 valence electrons. The Morgan fingerprint density at radius 1 is 1.40 bits per heavy atom. The van der Waals surface area contributed by atoms with Crippen LogP contribution >= 0.6 is 11.6 Å². The summed E-state index contributed by atoms with van der Waals surface area (Å²) in [5.41, 5.74) is 6.87. The van der Waals surface area contributed by atoms with Gasteiger partial charge in [-0.25, -0.2) is 0 Å². The van der Waals surface area contributed by atoms with Crippen molar-refractivity contribution in [3.63, 3.8) is 0 Å². The zero-order valence-electron chi connectivity index (χ0n) is 8.65. The standard InChI is InChI=1S/C11H16ClNO2/c1-7-2-3-8(9(12)6-7)11(15)10(14)4-5-13/h2-3,6,10-11,14-15H,4-5,13H2,1H3. The van der Waals surface area contributed by atoms with Gasteiger partial charge in [0.15, 0.2) is 0 Å². The summed E-state index contributed by atoms with van der Waals surface area (Å²) in [6, 6.07) is 5.33. The van der Waals surface area contributed by atoms with E-state index in [1.165, 1.54) is 0 Å². The smallest absolute Gasteiger partial charge is 0.106 e. The molecule has 4 N–H and O–H groups in total. The molecule has 0 bridgehead atoms. The number of rotatable bonds is 4. The molecule has 4 heteroatoms. The first-order valence-electron chi connectivity index (χ1n) is 4.88. The monoisotopic (exact) mass is 229 g/mol. The molecule has 0 saturated heterocycles. The molecule has 0 aromatic heterocycles. The molecule has 3 nitrogen and oxygen atoms in total. The molecular weight excluding hydrogens is 214 g/mol. The predicted molar refractivity (Wildman–Crippen MR) is 60.8 cm³/mol. The summed E-state index contributed by atoms with van der Waals surface area (Å²) in [5, 5.41) is 19.8. The average molecular weight is 230 g/mol. The topological polar surface area (TPSA) is 66.5 Å². The van der Waals surface area contributed by atoms with Crippen LogP contribution in [0, 0.1) is 6.92 Å². The molecule has 0 aliphatic heterocycles. The van der Waals surface area contributed by atoms with Crippen LogP contribution in [0.1, 0.15) is 23.7 Å². The van der Waals surface area contributed by atoms with Crippen molar-refractivity contribution in [3.8, 4) is 0 Å². The van der Waals surface area contributed by atoms with Gasteiger partial charge < -0.3 is 15.9 Å². The molecule has 1 aromatic carbocycles. The quantitative estimate of drug-likeness (QED) is 0.731. The normalized spacial score (nSPS) is 15.0. The molecule has 1 aromatic rings. The molecule has 2 atom stereocenters. The van der Waals surface area contributed by atoms with Crippen LogP contribution in [0.15, 0.2) is 18.2 Å². The predicted octanol–water partition coefficient (Wildman–Crippen LogP) is 1.39. The molecule has 0 amide bonds. The van der Waals surface area contributed by atoms with E-state index in [0.717, 1.165) is 5.56 Å². The van der Waals surface area contributed by atoms with Crippen molar-refractivity contribution in [3.05, 3.63) is 34.3 Å². The maximum absolute atomic E-state index is 9.80. The van der Waals surface area contributed by atoms with E-state index in [9.17, 15) is 10.2 Å². The highest BCUT2D eigenvalue weighted by Crippen LogP contribution is 2.27. The Morgan fingerprint density at radius 3 is 2.60 bits per heavy atom. The van der Waals surface area contributed by atoms with Crippen molar-refractivity contribution in [2.45, 2.75) is 25.6 Å². The van der Waals surface area contributed by atoms with E-state index in [2.05, 4.69) is 0 Å². The fourth-order valence-corrected chi connectivity index (χ4v) is 1.75. The molecule has 0 heterocycles. The molecule has 0 fully saturated rings. The Hall–Kier alpha value is -0.610. The lowest BCUT2D eigenvalue weighted by molar-refractivity contribution is 0.0151. The Kier molecular flexibility index (Phi) is 4.54. The Balaban J connectivity index is 2.86. The van der Waals surface area contributed by atoms with E-state index < -0.39 is 12.2 Å². The number of hydrogen-bond acceptors (Lipinski definition) is 3. The Labute approximate surface area is 94.5 Å². The van der Waals surface area contributed by atoms with Crippen molar-refractivity contribution >= 4 is 11.6 Å². The summed E-state index contributed by atoms with van der Waals surface area (Å²) in [6.07, 6.45) is -1.48. The number of aliphatic hydroxyl groups excluding tert-OH is 2. The van der Waals surface area contributed by atoms with Gasteiger partial charge in [0.1, 0.15) is 6.10 Å². The summed E-state index contributed by atoms with van der Waals surface area (Å²) in [5.74, 6) is 0. The molecule has 0 aliphatic carbocycles. The van der Waals surface area contributed by atoms with Crippen LogP contribution in [0.3, 0.4) is 0 Å². The Bertz CT molecular complexity index is 330. The maximum Gasteiger partial charge on any atom is 0.106 e. The van der Waals surface area contributed by atoms with Crippen LogP contribution in [0.4, 0.5) is 0 Å². The fourth-order valence-electron chi connectivity index (χ4n) is 1.41. The van der Waals surface area contributed by atoms with Crippen LogP contribution in [0.2, 0.25) is 5.02 Å². The highest BCUT2D eigenvalue weighted by atomic mass is 35.5. The first-order chi connectivity index (χ1) is 7.06. The molecule has 0 spiro atoms. The number of aryl methyl sites for hydroxylation is 1. The zero-order valence-corrected chi connectivity index (χ0v) is 9.41. The number of aliphatic hydroxyl groups is 2. The number of nitrogens with two attached hydrogens (primary N) is 1. The number of benzene rings is 1. The number of hydrogen-bond donors (Lipinski definition) is 3. The van der Waals surface area contributed by atoms with Gasteiger partial charge in [0, 0.05) is 10.6 Å². The van der Waals surface area contributed by atoms with Gasteiger partial charge in [0.25, 0.3) is 0 Å². The third-order valence-electron chi connectivity index (χ3n) is 2.30. The first-order valence-corrected chi connectivity index (χ1v) is 5.26. The second-order valence-corrected chi connectivity index (χ2v) is 4.02. The van der Waals surface area contributed by atoms with Gasteiger partial charge in [0.05, 0.1) is 6.10 Å². The van der Waals surface area contributed by atoms with Crippen molar-refractivity contribution in [2.24, 2.45) is 5.73 Å². The van der Waals surface area contributed by atoms with E-state index in [-0.39, 0.29) is 0 Å². The van der Waals surface area contributed by atoms with E-state index in [1.807, 2.05) is 13.0 Å². The second-order valence-electron chi connectivity index (χ2n) is 3.61. The van der Waals surface area contributed by atoms with Crippen LogP contribution in [0.5, 0.6) is 0 Å². The van der Waals surface area contributed by atoms with Crippen molar-refractivity contribution in [2.75, 3.05) is 6.54 Å². The molecule has 2 unspecified atom stereocenters. The summed E-state index contributed by atoms with van der Waals surface area (Å²) in [6.45, 7) is 2.25. The molecule has 1 rings (SSSR count). The maximum atomic E-state index is 9.80. The van der Waals surface area contributed by atoms with Crippen LogP contribution < -0.4 is 5.73 Å². The molecule has 0 radical (unpaired) electrons. The van der Waals surface area contributed by atoms with Gasteiger partial charge in [-0.3, -0.25) is 0 Å². The van der Waals surface area contributed by atoms with Gasteiger partial charge in [-0.15, -0.1) is 0 Å². The summed E-state index contributed by atoms with van der Waals surface area (Å²) in [7, 11) is 0. The summed E-state index contributed by atoms with van der Waals surface area (Å²) < 4.78 is 0. The van der Waals surface area contributed by atoms with E-state index in [4.69, 9.17) is 17.3 Å². The lowest BCUT2D eigenvalue weighted by Gasteiger charge is -2.18. The first kappa shape index (κ1) is 12.5. The van der Waals surface area contributed by atoms with Crippen LogP contribution in [0.25, 0.3) is 0 Å². The highest BCUT2D eigenvalue weighted by molar-refractivity contribution is 6.31. The highest BCUT2D eigenvalue weighted by Gasteiger charge is 2.19. The fraction of sp³-hybridized carbons (Fsp3) is 0.455. The van der Waals surface area contributed by atoms with Crippen molar-refractivity contribution in [1.82, 2.24) is 0 Å². The molecule has 0 saturated carbocycles. The van der Waals surface area contributed by atoms with Crippen molar-refractivity contribution in [1.29, 1.82) is 0 Å². The lowest BCUT2D eigenvalue weighted by Crippen LogP contribution is -2.22. The second kappa shape index (κ2) is 5.47. The number of halogens is 1. The van der Waals surface area contributed by atoms with Gasteiger partial charge in [-0.2, -0.15) is 0 Å². The van der Waals surface area contributed by atoms with Crippen LogP contribution in [-0.2, 0) is 0 Å². The molecule has 0 aliphatic rings. The zero-order chi connectivity index (χ0) is 11.4. The van der Waals surface area contributed by atoms with E-state index in [1.54, 1.807) is 12.1 Å². The molecular formula is C11H16ClNO2. The minimum atomic E-state index is -0.971. The van der Waals surface area contributed by atoms with Crippen LogP contribution in [-0.4, -0.2) is 22.9 Å². The summed E-state index contributed by atoms with van der Waals surface area (Å²) in [4.78, 5) is 0. The molecule has 15 heavy (non-hydrogen) atoms. The van der Waals surface area contributed by atoms with Gasteiger partial charge in [0.2, 0.25) is 0 Å². The average Bonchev–Trinajstić information content (AvgIpc) is 2.17. The van der Waals surface area contributed by atoms with Crippen molar-refractivity contribution < 1.29 is 10.2 Å². The SMILES string of the molecule is Cc1ccc(C(O)C(O)CCN)c(Cl)c1. The van der Waals surface area contributed by atoms with Gasteiger partial charge >= 0.3 is 0 Å². The van der Waals surface area contributed by atoms with E-state index in [0.29, 0.717) is 23.6 Å². The third kappa shape index (κ3) is 3.18. The summed E-state index contributed by atoms with van der Waals surface area (Å²) >= 11 is 5.97. The van der Waals surface area contributed by atoms with Gasteiger partial charge in [-0.05, 0) is 31.5 Å². The minimum Gasteiger partial charge on any atom is -0.390 e.